The molecule has 9 heteroatoms. The van der Waals surface area contributed by atoms with Crippen molar-refractivity contribution in [3.8, 4) is 23.3 Å². The fourth-order valence-electron chi connectivity index (χ4n) is 3.10. The minimum Gasteiger partial charge on any atom is -0.454 e. The van der Waals surface area contributed by atoms with E-state index in [0.717, 1.165) is 27.8 Å². The Kier molecular flexibility index (Phi) is 7.41. The fourth-order valence-corrected chi connectivity index (χ4v) is 3.32. The van der Waals surface area contributed by atoms with Crippen molar-refractivity contribution in [2.45, 2.75) is 20.0 Å². The zero-order valence-electron chi connectivity index (χ0n) is 19.0. The van der Waals surface area contributed by atoms with Crippen LogP contribution in [0.4, 0.5) is 11.5 Å². The van der Waals surface area contributed by atoms with Crippen LogP contribution in [0, 0.1) is 18.8 Å². The van der Waals surface area contributed by atoms with Gasteiger partial charge >= 0.3 is 0 Å². The summed E-state index contributed by atoms with van der Waals surface area (Å²) in [4.78, 5) is 24.3. The van der Waals surface area contributed by atoms with E-state index in [9.17, 15) is 9.90 Å². The number of fused-ring (bicyclic) bond motifs is 1. The number of benzene rings is 2. The number of carbonyl (C=O) groups is 1. The first-order valence-corrected chi connectivity index (χ1v) is 11.1. The first-order chi connectivity index (χ1) is 16.9. The molecule has 1 atom stereocenters. The molecule has 1 amide bonds. The second kappa shape index (κ2) is 10.8. The van der Waals surface area contributed by atoms with E-state index in [1.165, 1.54) is 13.3 Å². The highest BCUT2D eigenvalue weighted by atomic mass is 35.5. The van der Waals surface area contributed by atoms with E-state index in [-0.39, 0.29) is 6.54 Å². The number of halogens is 1. The van der Waals surface area contributed by atoms with E-state index in [0.29, 0.717) is 22.3 Å². The van der Waals surface area contributed by atoms with E-state index in [1.54, 1.807) is 18.3 Å². The van der Waals surface area contributed by atoms with Crippen LogP contribution in [0.25, 0.3) is 10.9 Å². The number of amides is 1. The zero-order valence-corrected chi connectivity index (χ0v) is 19.8. The average molecular weight is 488 g/mol. The van der Waals surface area contributed by atoms with Gasteiger partial charge in [-0.1, -0.05) is 23.4 Å². The van der Waals surface area contributed by atoms with Crippen molar-refractivity contribution < 1.29 is 14.6 Å². The summed E-state index contributed by atoms with van der Waals surface area (Å²) in [5.74, 6) is 7.09. The third-order valence-electron chi connectivity index (χ3n) is 4.91. The first kappa shape index (κ1) is 24.0. The monoisotopic (exact) mass is 487 g/mol. The molecule has 8 nitrogen and oxygen atoms in total. The summed E-state index contributed by atoms with van der Waals surface area (Å²) in [6.45, 7) is 3.43. The van der Waals surface area contributed by atoms with E-state index >= 15 is 0 Å². The molecule has 1 unspecified atom stereocenters. The van der Waals surface area contributed by atoms with Gasteiger partial charge in [-0.15, -0.1) is 0 Å². The molecule has 0 spiro atoms. The molecule has 4 rings (SSSR count). The van der Waals surface area contributed by atoms with Crippen molar-refractivity contribution in [3.63, 3.8) is 0 Å². The number of aliphatic hydroxyl groups is 1. The molecule has 0 fully saturated rings. The number of hydrogen-bond donors (Lipinski definition) is 3. The third kappa shape index (κ3) is 6.23. The molecule has 0 aliphatic heterocycles. The lowest BCUT2D eigenvalue weighted by Crippen LogP contribution is -2.32. The highest BCUT2D eigenvalue weighted by molar-refractivity contribution is 6.32. The standard InChI is InChI=1S/C26H22ClN5O3/c1-16-5-8-20(14-29-16)35-24-10-7-19(13-22(24)27)32-25-21-12-18(6-9-23(21)30-15-31-25)4-3-11-28-26(34)17(2)33/h5-10,12-15,17,33H,11H2,1-2H3,(H,28,34)(H,30,31,32). The maximum absolute atomic E-state index is 11.4. The number of aryl methyl sites for hydroxylation is 1. The van der Waals surface area contributed by atoms with Crippen molar-refractivity contribution >= 4 is 39.9 Å². The normalized spacial score (nSPS) is 11.3. The van der Waals surface area contributed by atoms with Crippen LogP contribution in [0.2, 0.25) is 5.02 Å². The smallest absolute Gasteiger partial charge is 0.249 e. The molecule has 0 aliphatic carbocycles. The Hall–Kier alpha value is -4.19. The van der Waals surface area contributed by atoms with E-state index in [2.05, 4.69) is 37.4 Å². The summed E-state index contributed by atoms with van der Waals surface area (Å²) in [6.07, 6.45) is 2.05. The predicted molar refractivity (Wildman–Crippen MR) is 135 cm³/mol. The van der Waals surface area contributed by atoms with E-state index in [4.69, 9.17) is 16.3 Å². The number of hydrogen-bond acceptors (Lipinski definition) is 7. The van der Waals surface area contributed by atoms with Gasteiger partial charge in [0.2, 0.25) is 5.91 Å². The number of rotatable bonds is 6. The van der Waals surface area contributed by atoms with Gasteiger partial charge in [-0.2, -0.15) is 0 Å². The highest BCUT2D eigenvalue weighted by Crippen LogP contribution is 2.33. The largest absolute Gasteiger partial charge is 0.454 e. The first-order valence-electron chi connectivity index (χ1n) is 10.8. The van der Waals surface area contributed by atoms with Crippen LogP contribution >= 0.6 is 11.6 Å². The Balaban J connectivity index is 1.51. The number of aliphatic hydroxyl groups excluding tert-OH is 1. The van der Waals surface area contributed by atoms with Crippen molar-refractivity contribution in [2.75, 3.05) is 11.9 Å². The van der Waals surface area contributed by atoms with Crippen LogP contribution in [0.5, 0.6) is 11.5 Å². The molecule has 0 aliphatic rings. The van der Waals surface area contributed by atoms with Gasteiger partial charge in [0.1, 0.15) is 29.7 Å². The number of nitrogens with one attached hydrogen (secondary N) is 2. The quantitative estimate of drug-likeness (QED) is 0.346. The minimum atomic E-state index is -1.07. The van der Waals surface area contributed by atoms with Crippen LogP contribution < -0.4 is 15.4 Å². The maximum atomic E-state index is 11.4. The number of anilines is 2. The number of nitrogens with zero attached hydrogens (tertiary/aromatic N) is 3. The fraction of sp³-hybridized carbons (Fsp3) is 0.154. The van der Waals surface area contributed by atoms with Crippen molar-refractivity contribution in [1.29, 1.82) is 0 Å². The lowest BCUT2D eigenvalue weighted by molar-refractivity contribution is -0.128. The molecule has 176 valence electrons. The lowest BCUT2D eigenvalue weighted by Gasteiger charge is -2.12. The van der Waals surface area contributed by atoms with Crippen LogP contribution in [0.3, 0.4) is 0 Å². The second-order valence-electron chi connectivity index (χ2n) is 7.66. The SMILES string of the molecule is Cc1ccc(Oc2ccc(Nc3ncnc4ccc(C#CCNC(=O)C(C)O)cc34)cc2Cl)cn1. The number of pyridine rings is 1. The molecule has 0 saturated carbocycles. The summed E-state index contributed by atoms with van der Waals surface area (Å²) < 4.78 is 5.83. The molecule has 0 saturated heterocycles. The summed E-state index contributed by atoms with van der Waals surface area (Å²) >= 11 is 6.45. The summed E-state index contributed by atoms with van der Waals surface area (Å²) in [6, 6.07) is 14.6. The Labute approximate surface area is 207 Å². The van der Waals surface area contributed by atoms with Gasteiger partial charge in [0.15, 0.2) is 0 Å². The lowest BCUT2D eigenvalue weighted by atomic mass is 10.1. The molecule has 4 aromatic rings. The molecule has 2 heterocycles. The molecular weight excluding hydrogens is 466 g/mol. The topological polar surface area (TPSA) is 109 Å². The molecule has 3 N–H and O–H groups in total. The van der Waals surface area contributed by atoms with Gasteiger partial charge in [-0.3, -0.25) is 9.78 Å². The molecule has 35 heavy (non-hydrogen) atoms. The van der Waals surface area contributed by atoms with E-state index < -0.39 is 12.0 Å². The average Bonchev–Trinajstić information content (AvgIpc) is 2.85. The Morgan fingerprint density at radius 3 is 2.74 bits per heavy atom. The van der Waals surface area contributed by atoms with Crippen molar-refractivity contribution in [3.05, 3.63) is 77.3 Å². The molecule has 2 aromatic carbocycles. The molecule has 2 aromatic heterocycles. The third-order valence-corrected chi connectivity index (χ3v) is 5.20. The van der Waals surface area contributed by atoms with Crippen LogP contribution in [-0.2, 0) is 4.79 Å². The summed E-state index contributed by atoms with van der Waals surface area (Å²) in [5.41, 5.74) is 3.10. The van der Waals surface area contributed by atoms with Crippen molar-refractivity contribution in [2.24, 2.45) is 0 Å². The van der Waals surface area contributed by atoms with Gasteiger partial charge < -0.3 is 20.5 Å². The van der Waals surface area contributed by atoms with E-state index in [1.807, 2.05) is 43.3 Å². The highest BCUT2D eigenvalue weighted by Gasteiger charge is 2.09. The van der Waals surface area contributed by atoms with Crippen LogP contribution in [0.15, 0.2) is 61.1 Å². The second-order valence-corrected chi connectivity index (χ2v) is 8.06. The predicted octanol–water partition coefficient (Wildman–Crippen LogP) is 4.37. The Morgan fingerprint density at radius 2 is 2.00 bits per heavy atom. The van der Waals surface area contributed by atoms with Crippen molar-refractivity contribution in [1.82, 2.24) is 20.3 Å². The Morgan fingerprint density at radius 1 is 1.14 bits per heavy atom. The van der Waals surface area contributed by atoms with Gasteiger partial charge in [0, 0.05) is 22.3 Å². The molecular formula is C26H22ClN5O3. The zero-order chi connectivity index (χ0) is 24.8. The summed E-state index contributed by atoms with van der Waals surface area (Å²) in [5, 5.41) is 16.2. The number of aromatic nitrogens is 3. The van der Waals surface area contributed by atoms with Crippen LogP contribution in [-0.4, -0.2) is 38.6 Å². The number of ether oxygens (including phenoxy) is 1. The van der Waals surface area contributed by atoms with Crippen LogP contribution in [0.1, 0.15) is 18.2 Å². The minimum absolute atomic E-state index is 0.129. The van der Waals surface area contributed by atoms with Gasteiger partial charge in [0.05, 0.1) is 23.3 Å². The Bertz CT molecular complexity index is 1430. The number of carbonyl (C=O) groups excluding carboxylic acids is 1. The van der Waals surface area contributed by atoms with Gasteiger partial charge in [-0.25, -0.2) is 9.97 Å². The molecule has 0 radical (unpaired) electrons. The maximum Gasteiger partial charge on any atom is 0.249 e. The van der Waals surface area contributed by atoms with Gasteiger partial charge in [-0.05, 0) is 62.4 Å². The van der Waals surface area contributed by atoms with Gasteiger partial charge in [0.25, 0.3) is 0 Å². The summed E-state index contributed by atoms with van der Waals surface area (Å²) in [7, 11) is 0. The molecule has 0 bridgehead atoms.